The van der Waals surface area contributed by atoms with Gasteiger partial charge in [0.1, 0.15) is 12.4 Å². The number of aromatic nitrogens is 1. The third-order valence-electron chi connectivity index (χ3n) is 5.37. The topological polar surface area (TPSA) is 62.7 Å². The van der Waals surface area contributed by atoms with Crippen molar-refractivity contribution in [3.63, 3.8) is 0 Å². The van der Waals surface area contributed by atoms with Gasteiger partial charge in [-0.05, 0) is 24.5 Å². The zero-order valence-corrected chi connectivity index (χ0v) is 18.2. The summed E-state index contributed by atoms with van der Waals surface area (Å²) in [5.41, 5.74) is -0.0152. The highest BCUT2D eigenvalue weighted by molar-refractivity contribution is 6.33. The molecule has 0 atom stereocenters. The van der Waals surface area contributed by atoms with Gasteiger partial charge in [0.05, 0.1) is 17.7 Å². The van der Waals surface area contributed by atoms with E-state index in [0.29, 0.717) is 25.9 Å². The lowest BCUT2D eigenvalue weighted by atomic mass is 9.95. The fraction of sp³-hybridized carbons (Fsp3) is 0.409. The summed E-state index contributed by atoms with van der Waals surface area (Å²) < 4.78 is 43.3. The summed E-state index contributed by atoms with van der Waals surface area (Å²) in [6.07, 6.45) is -2.83. The molecule has 1 aromatic heterocycles. The summed E-state index contributed by atoms with van der Waals surface area (Å²) in [5.74, 6) is -0.730. The number of carbonyl (C=O) groups is 2. The Morgan fingerprint density at radius 1 is 1.22 bits per heavy atom. The number of carbonyl (C=O) groups excluding carboxylic acids is 2. The Kier molecular flexibility index (Phi) is 7.60. The molecule has 0 radical (unpaired) electrons. The van der Waals surface area contributed by atoms with Gasteiger partial charge in [-0.2, -0.15) is 13.2 Å². The number of alkyl halides is 3. The van der Waals surface area contributed by atoms with Gasteiger partial charge in [0.2, 0.25) is 5.91 Å². The lowest BCUT2D eigenvalue weighted by Crippen LogP contribution is -2.44. The molecule has 1 aromatic carbocycles. The highest BCUT2D eigenvalue weighted by Crippen LogP contribution is 2.34. The van der Waals surface area contributed by atoms with Crippen LogP contribution in [0.5, 0.6) is 0 Å². The van der Waals surface area contributed by atoms with Gasteiger partial charge in [-0.25, -0.2) is 4.98 Å². The first-order valence-corrected chi connectivity index (χ1v) is 10.4. The van der Waals surface area contributed by atoms with Crippen molar-refractivity contribution in [1.29, 1.82) is 0 Å². The second-order valence-electron chi connectivity index (χ2n) is 7.54. The summed E-state index contributed by atoms with van der Waals surface area (Å²) in [5, 5.41) is -0.0824. The number of esters is 1. The Bertz CT molecular complexity index is 948. The molecule has 0 spiro atoms. The molecule has 172 valence electrons. The smallest absolute Gasteiger partial charge is 0.417 e. The summed E-state index contributed by atoms with van der Waals surface area (Å²) in [6.45, 7) is 0.940. The van der Waals surface area contributed by atoms with Crippen LogP contribution in [0.2, 0.25) is 5.02 Å². The standard InChI is InChI=1S/C22H23ClF3N3O3/c1-32-19(30)14-29(13-15-5-3-2-4-6-15)21(31)16-7-9-28(10-8-16)20-18(23)11-17(12-27-20)22(24,25)26/h2-6,11-12,16H,7-10,13-14H2,1H3. The number of methoxy groups -OCH3 is 1. The van der Waals surface area contributed by atoms with Crippen molar-refractivity contribution in [2.45, 2.75) is 25.6 Å². The Balaban J connectivity index is 1.67. The van der Waals surface area contributed by atoms with Gasteiger partial charge in [-0.15, -0.1) is 0 Å². The van der Waals surface area contributed by atoms with Crippen LogP contribution in [-0.4, -0.2) is 48.5 Å². The first-order valence-electron chi connectivity index (χ1n) is 10.1. The van der Waals surface area contributed by atoms with Crippen LogP contribution in [0.15, 0.2) is 42.6 Å². The van der Waals surface area contributed by atoms with Crippen LogP contribution in [0.3, 0.4) is 0 Å². The van der Waals surface area contributed by atoms with Crippen molar-refractivity contribution in [3.8, 4) is 0 Å². The SMILES string of the molecule is COC(=O)CN(Cc1ccccc1)C(=O)C1CCN(c2ncc(C(F)(F)F)cc2Cl)CC1. The maximum absolute atomic E-state index is 13.2. The summed E-state index contributed by atoms with van der Waals surface area (Å²) in [7, 11) is 1.27. The lowest BCUT2D eigenvalue weighted by Gasteiger charge is -2.35. The van der Waals surface area contributed by atoms with Crippen molar-refractivity contribution in [3.05, 3.63) is 58.7 Å². The molecule has 3 rings (SSSR count). The minimum atomic E-state index is -4.52. The van der Waals surface area contributed by atoms with Crippen LogP contribution in [0.4, 0.5) is 19.0 Å². The molecule has 32 heavy (non-hydrogen) atoms. The van der Waals surface area contributed by atoms with Gasteiger partial charge in [0.15, 0.2) is 0 Å². The highest BCUT2D eigenvalue weighted by atomic mass is 35.5. The molecule has 1 amide bonds. The van der Waals surface area contributed by atoms with E-state index < -0.39 is 17.7 Å². The Morgan fingerprint density at radius 2 is 1.88 bits per heavy atom. The molecule has 1 aliphatic heterocycles. The molecular formula is C22H23ClF3N3O3. The Morgan fingerprint density at radius 3 is 2.44 bits per heavy atom. The van der Waals surface area contributed by atoms with E-state index in [4.69, 9.17) is 16.3 Å². The van der Waals surface area contributed by atoms with E-state index in [1.807, 2.05) is 30.3 Å². The largest absolute Gasteiger partial charge is 0.468 e. The number of halogens is 4. The average Bonchev–Trinajstić information content (AvgIpc) is 2.78. The number of rotatable bonds is 6. The number of hydrogen-bond acceptors (Lipinski definition) is 5. The van der Waals surface area contributed by atoms with Crippen LogP contribution in [0.1, 0.15) is 24.0 Å². The summed E-state index contributed by atoms with van der Waals surface area (Å²) >= 11 is 6.05. The van der Waals surface area contributed by atoms with Gasteiger partial charge in [-0.3, -0.25) is 9.59 Å². The molecule has 0 N–H and O–H groups in total. The van der Waals surface area contributed by atoms with Crippen LogP contribution in [0, 0.1) is 5.92 Å². The molecule has 2 aromatic rings. The van der Waals surface area contributed by atoms with Gasteiger partial charge in [0, 0.05) is 31.7 Å². The van der Waals surface area contributed by atoms with Gasteiger partial charge in [0.25, 0.3) is 0 Å². The van der Waals surface area contributed by atoms with E-state index in [0.717, 1.165) is 17.8 Å². The monoisotopic (exact) mass is 469 g/mol. The predicted molar refractivity (Wildman–Crippen MR) is 113 cm³/mol. The molecule has 0 saturated carbocycles. The van der Waals surface area contributed by atoms with Crippen LogP contribution >= 0.6 is 11.6 Å². The maximum atomic E-state index is 13.2. The van der Waals surface area contributed by atoms with Gasteiger partial charge < -0.3 is 14.5 Å². The number of amides is 1. The highest BCUT2D eigenvalue weighted by Gasteiger charge is 2.34. The number of anilines is 1. The van der Waals surface area contributed by atoms with Crippen LogP contribution in [0.25, 0.3) is 0 Å². The van der Waals surface area contributed by atoms with Crippen molar-refractivity contribution >= 4 is 29.3 Å². The molecule has 0 unspecified atom stereocenters. The number of nitrogens with zero attached hydrogens (tertiary/aromatic N) is 3. The first kappa shape index (κ1) is 23.8. The third kappa shape index (κ3) is 5.91. The van der Waals surface area contributed by atoms with Gasteiger partial charge >= 0.3 is 12.1 Å². The normalized spacial score (nSPS) is 14.8. The van der Waals surface area contributed by atoms with E-state index in [2.05, 4.69) is 4.98 Å². The minimum Gasteiger partial charge on any atom is -0.468 e. The molecule has 1 saturated heterocycles. The first-order chi connectivity index (χ1) is 15.2. The number of ether oxygens (including phenoxy) is 1. The maximum Gasteiger partial charge on any atom is 0.417 e. The van der Waals surface area contributed by atoms with E-state index >= 15 is 0 Å². The summed E-state index contributed by atoms with van der Waals surface area (Å²) in [4.78, 5) is 32.1. The Labute approximate surface area is 188 Å². The summed E-state index contributed by atoms with van der Waals surface area (Å²) in [6, 6.07) is 10.2. The molecule has 6 nitrogen and oxygen atoms in total. The zero-order valence-electron chi connectivity index (χ0n) is 17.4. The zero-order chi connectivity index (χ0) is 23.3. The third-order valence-corrected chi connectivity index (χ3v) is 5.65. The fourth-order valence-electron chi connectivity index (χ4n) is 3.65. The minimum absolute atomic E-state index is 0.0824. The lowest BCUT2D eigenvalue weighted by molar-refractivity contribution is -0.149. The van der Waals surface area contributed by atoms with Crippen LogP contribution in [-0.2, 0) is 27.0 Å². The quantitative estimate of drug-likeness (QED) is 0.594. The second kappa shape index (κ2) is 10.2. The van der Waals surface area contributed by atoms with E-state index in [9.17, 15) is 22.8 Å². The number of pyridine rings is 1. The molecule has 10 heteroatoms. The number of benzene rings is 1. The molecule has 0 aliphatic carbocycles. The number of piperidine rings is 1. The second-order valence-corrected chi connectivity index (χ2v) is 7.95. The van der Waals surface area contributed by atoms with Crippen molar-refractivity contribution in [2.75, 3.05) is 31.6 Å². The van der Waals surface area contributed by atoms with E-state index in [1.165, 1.54) is 12.0 Å². The fourth-order valence-corrected chi connectivity index (χ4v) is 3.94. The Hall–Kier alpha value is -2.81. The van der Waals surface area contributed by atoms with Crippen molar-refractivity contribution in [1.82, 2.24) is 9.88 Å². The van der Waals surface area contributed by atoms with Crippen molar-refractivity contribution < 1.29 is 27.5 Å². The van der Waals surface area contributed by atoms with Gasteiger partial charge in [-0.1, -0.05) is 41.9 Å². The van der Waals surface area contributed by atoms with Crippen molar-refractivity contribution in [2.24, 2.45) is 5.92 Å². The molecule has 1 fully saturated rings. The molecule has 1 aliphatic rings. The average molecular weight is 470 g/mol. The predicted octanol–water partition coefficient (Wildman–Crippen LogP) is 4.17. The van der Waals surface area contributed by atoms with E-state index in [-0.39, 0.29) is 35.8 Å². The number of hydrogen-bond donors (Lipinski definition) is 0. The van der Waals surface area contributed by atoms with E-state index in [1.54, 1.807) is 4.90 Å². The molecular weight excluding hydrogens is 447 g/mol. The molecule has 0 bridgehead atoms. The molecule has 2 heterocycles. The van der Waals surface area contributed by atoms with Crippen LogP contribution < -0.4 is 4.90 Å².